The second-order valence-electron chi connectivity index (χ2n) is 5.99. The number of aromatic nitrogens is 1. The molecule has 0 saturated heterocycles. The summed E-state index contributed by atoms with van der Waals surface area (Å²) in [6.45, 7) is 2.14. The van der Waals surface area contributed by atoms with Crippen molar-refractivity contribution < 1.29 is 0 Å². The van der Waals surface area contributed by atoms with E-state index in [1.807, 2.05) is 42.5 Å². The zero-order valence-electron chi connectivity index (χ0n) is 14.3. The van der Waals surface area contributed by atoms with Crippen LogP contribution in [0.4, 0.5) is 5.69 Å². The summed E-state index contributed by atoms with van der Waals surface area (Å²) in [5.41, 5.74) is 8.94. The van der Waals surface area contributed by atoms with E-state index in [-0.39, 0.29) is 0 Å². The maximum absolute atomic E-state index is 6.05. The van der Waals surface area contributed by atoms with Gasteiger partial charge in [-0.25, -0.2) is 4.99 Å². The molecule has 0 aliphatic carbocycles. The lowest BCUT2D eigenvalue weighted by Gasteiger charge is -2.09. The number of benzene rings is 2. The molecule has 1 aromatic heterocycles. The minimum Gasteiger partial charge on any atom is -0.264 e. The molecule has 0 saturated carbocycles. The molecule has 128 valence electrons. The van der Waals surface area contributed by atoms with Crippen LogP contribution in [-0.2, 0) is 6.42 Å². The fourth-order valence-corrected chi connectivity index (χ4v) is 2.99. The second-order valence-corrected chi connectivity index (χ2v) is 6.42. The predicted octanol–water partition coefficient (Wildman–Crippen LogP) is 4.73. The van der Waals surface area contributed by atoms with E-state index in [9.17, 15) is 0 Å². The maximum atomic E-state index is 6.05. The number of aliphatic imine (C=N–C) groups is 1. The summed E-state index contributed by atoms with van der Waals surface area (Å²) >= 11 is 6.05. The fraction of sp³-hybridized carbons (Fsp3) is 0.0952. The van der Waals surface area contributed by atoms with E-state index in [2.05, 4.69) is 34.6 Å². The number of hydrogen-bond donors (Lipinski definition) is 1. The number of rotatable bonds is 3. The normalized spacial score (nSPS) is 13.2. The van der Waals surface area contributed by atoms with E-state index in [1.165, 1.54) is 5.56 Å². The summed E-state index contributed by atoms with van der Waals surface area (Å²) in [4.78, 5) is 8.98. The molecule has 1 aliphatic heterocycles. The smallest absolute Gasteiger partial charge is 0.155 e. The second kappa shape index (κ2) is 7.10. The third-order valence-corrected chi connectivity index (χ3v) is 4.53. The van der Waals surface area contributed by atoms with Crippen molar-refractivity contribution in [2.45, 2.75) is 13.3 Å². The van der Waals surface area contributed by atoms with Gasteiger partial charge in [-0.15, -0.1) is 0 Å². The molecule has 1 aliphatic rings. The van der Waals surface area contributed by atoms with E-state index >= 15 is 0 Å². The quantitative estimate of drug-likeness (QED) is 0.734. The topological polar surface area (TPSA) is 49.6 Å². The Kier molecular flexibility index (Phi) is 4.50. The molecule has 5 heteroatoms. The first-order valence-electron chi connectivity index (χ1n) is 8.46. The van der Waals surface area contributed by atoms with Gasteiger partial charge in [0.1, 0.15) is 0 Å². The first-order valence-corrected chi connectivity index (χ1v) is 8.84. The Morgan fingerprint density at radius 1 is 1.00 bits per heavy atom. The molecule has 3 aromatic rings. The van der Waals surface area contributed by atoms with Gasteiger partial charge in [0.05, 0.1) is 11.4 Å². The summed E-state index contributed by atoms with van der Waals surface area (Å²) in [5, 5.41) is 5.36. The van der Waals surface area contributed by atoms with Gasteiger partial charge in [-0.1, -0.05) is 36.7 Å². The van der Waals surface area contributed by atoms with E-state index in [1.54, 1.807) is 12.4 Å². The number of pyridine rings is 1. The number of hydrazone groups is 1. The van der Waals surface area contributed by atoms with Crippen molar-refractivity contribution >= 4 is 28.8 Å². The highest BCUT2D eigenvalue weighted by Crippen LogP contribution is 2.27. The molecular formula is C21H17ClN4. The Morgan fingerprint density at radius 3 is 2.58 bits per heavy atom. The summed E-state index contributed by atoms with van der Waals surface area (Å²) in [5.74, 6) is 0.674. The minimum absolute atomic E-state index is 0.674. The Hall–Kier alpha value is -2.98. The number of nitrogens with one attached hydrogen (secondary N) is 1. The lowest BCUT2D eigenvalue weighted by molar-refractivity contribution is 1.03. The van der Waals surface area contributed by atoms with Crippen molar-refractivity contribution in [1.29, 1.82) is 0 Å². The first-order chi connectivity index (χ1) is 12.7. The molecule has 4 rings (SSSR count). The standard InChI is InChI=1S/C21H17ClN4/c1-2-14-5-10-19-18(12-14)20(15-6-8-17(22)9-7-15)25-26-21(24-19)16-4-3-11-23-13-16/h3-13H,2H2,1H3,(H,24,26). The summed E-state index contributed by atoms with van der Waals surface area (Å²) in [7, 11) is 0. The number of hydrogen-bond acceptors (Lipinski definition) is 4. The van der Waals surface area contributed by atoms with Crippen molar-refractivity contribution in [2.24, 2.45) is 10.1 Å². The van der Waals surface area contributed by atoms with Crippen LogP contribution in [0.25, 0.3) is 0 Å². The molecule has 26 heavy (non-hydrogen) atoms. The third-order valence-electron chi connectivity index (χ3n) is 4.28. The molecule has 2 aromatic carbocycles. The summed E-state index contributed by atoms with van der Waals surface area (Å²) in [6.07, 6.45) is 4.47. The van der Waals surface area contributed by atoms with Crippen LogP contribution in [0.15, 0.2) is 77.1 Å². The molecule has 0 bridgehead atoms. The highest BCUT2D eigenvalue weighted by Gasteiger charge is 2.17. The number of halogens is 1. The summed E-state index contributed by atoms with van der Waals surface area (Å²) in [6, 6.07) is 17.8. The lowest BCUT2D eigenvalue weighted by Crippen LogP contribution is -2.19. The van der Waals surface area contributed by atoms with E-state index < -0.39 is 0 Å². The first kappa shape index (κ1) is 16.5. The van der Waals surface area contributed by atoms with E-state index in [0.29, 0.717) is 10.9 Å². The molecular weight excluding hydrogens is 344 g/mol. The van der Waals surface area contributed by atoms with Crippen LogP contribution in [0, 0.1) is 0 Å². The average molecular weight is 361 g/mol. The van der Waals surface area contributed by atoms with Gasteiger partial charge in [0, 0.05) is 34.1 Å². The van der Waals surface area contributed by atoms with Crippen molar-refractivity contribution in [3.8, 4) is 0 Å². The molecule has 0 spiro atoms. The highest BCUT2D eigenvalue weighted by atomic mass is 35.5. The van der Waals surface area contributed by atoms with Gasteiger partial charge in [-0.05, 0) is 48.4 Å². The summed E-state index contributed by atoms with van der Waals surface area (Å²) < 4.78 is 0. The van der Waals surface area contributed by atoms with Gasteiger partial charge >= 0.3 is 0 Å². The SMILES string of the molecule is CCc1ccc2c(c1)C(c1ccc(Cl)cc1)=NNC(c1cccnc1)=N2. The Balaban J connectivity index is 1.88. The molecule has 0 fully saturated rings. The number of nitrogens with zero attached hydrogens (tertiary/aromatic N) is 3. The average Bonchev–Trinajstić information content (AvgIpc) is 2.88. The van der Waals surface area contributed by atoms with Crippen LogP contribution >= 0.6 is 11.6 Å². The zero-order chi connectivity index (χ0) is 17.9. The van der Waals surface area contributed by atoms with Crippen molar-refractivity contribution in [3.63, 3.8) is 0 Å². The van der Waals surface area contributed by atoms with Gasteiger partial charge in [-0.2, -0.15) is 5.10 Å². The predicted molar refractivity (Wildman–Crippen MR) is 106 cm³/mol. The Morgan fingerprint density at radius 2 is 1.85 bits per heavy atom. The molecule has 0 atom stereocenters. The van der Waals surface area contributed by atoms with Gasteiger partial charge < -0.3 is 0 Å². The molecule has 1 N–H and O–H groups in total. The van der Waals surface area contributed by atoms with Gasteiger partial charge in [0.2, 0.25) is 0 Å². The monoisotopic (exact) mass is 360 g/mol. The van der Waals surface area contributed by atoms with Crippen LogP contribution in [0.5, 0.6) is 0 Å². The van der Waals surface area contributed by atoms with Gasteiger partial charge in [0.25, 0.3) is 0 Å². The fourth-order valence-electron chi connectivity index (χ4n) is 2.86. The third kappa shape index (κ3) is 3.24. The van der Waals surface area contributed by atoms with Crippen molar-refractivity contribution in [2.75, 3.05) is 0 Å². The largest absolute Gasteiger partial charge is 0.264 e. The van der Waals surface area contributed by atoms with Crippen molar-refractivity contribution in [3.05, 3.63) is 94.3 Å². The van der Waals surface area contributed by atoms with Crippen LogP contribution < -0.4 is 5.43 Å². The number of amidine groups is 1. The van der Waals surface area contributed by atoms with Gasteiger partial charge in [-0.3, -0.25) is 10.4 Å². The molecule has 2 heterocycles. The zero-order valence-corrected chi connectivity index (χ0v) is 15.0. The lowest BCUT2D eigenvalue weighted by atomic mass is 9.98. The molecule has 4 nitrogen and oxygen atoms in total. The van der Waals surface area contributed by atoms with Gasteiger partial charge in [0.15, 0.2) is 5.84 Å². The van der Waals surface area contributed by atoms with Crippen LogP contribution in [-0.4, -0.2) is 16.5 Å². The molecule has 0 radical (unpaired) electrons. The van der Waals surface area contributed by atoms with Crippen molar-refractivity contribution in [1.82, 2.24) is 10.4 Å². The molecule has 0 unspecified atom stereocenters. The molecule has 0 amide bonds. The minimum atomic E-state index is 0.674. The van der Waals surface area contributed by atoms with Crippen LogP contribution in [0.3, 0.4) is 0 Å². The maximum Gasteiger partial charge on any atom is 0.155 e. The Bertz CT molecular complexity index is 992. The van der Waals surface area contributed by atoms with E-state index in [4.69, 9.17) is 16.6 Å². The van der Waals surface area contributed by atoms with E-state index in [0.717, 1.165) is 34.5 Å². The number of fused-ring (bicyclic) bond motifs is 1. The Labute approximate surface area is 157 Å². The highest BCUT2D eigenvalue weighted by molar-refractivity contribution is 6.30. The number of aryl methyl sites for hydroxylation is 1. The van der Waals surface area contributed by atoms with Crippen LogP contribution in [0.1, 0.15) is 29.2 Å². The van der Waals surface area contributed by atoms with Crippen LogP contribution in [0.2, 0.25) is 5.02 Å².